The molecule has 3 aromatic carbocycles. The van der Waals surface area contributed by atoms with Crippen LogP contribution >= 0.6 is 11.8 Å². The number of carbonyl (C=O) groups excluding carboxylic acids is 1. The first kappa shape index (κ1) is 25.6. The van der Waals surface area contributed by atoms with Crippen LogP contribution in [0.4, 0.5) is 13.2 Å². The van der Waals surface area contributed by atoms with E-state index < -0.39 is 23.3 Å². The highest BCUT2D eigenvalue weighted by Crippen LogP contribution is 2.32. The molecule has 4 rings (SSSR count). The SMILES string of the molecule is CC(C)(C)OC(=O)COc1ccc(SCc2nn(-c3ccc(C(F)(F)F)cc3)c3ccccc23)cc1. The van der Waals surface area contributed by atoms with Gasteiger partial charge in [0.25, 0.3) is 0 Å². The summed E-state index contributed by atoms with van der Waals surface area (Å²) in [5, 5.41) is 5.63. The van der Waals surface area contributed by atoms with Crippen LogP contribution in [-0.2, 0) is 21.5 Å². The molecule has 0 unspecified atom stereocenters. The molecule has 188 valence electrons. The number of esters is 1. The minimum Gasteiger partial charge on any atom is -0.482 e. The molecule has 0 N–H and O–H groups in total. The van der Waals surface area contributed by atoms with Crippen LogP contribution in [0, 0.1) is 0 Å². The zero-order valence-electron chi connectivity index (χ0n) is 20.0. The lowest BCUT2D eigenvalue weighted by molar-refractivity contribution is -0.157. The maximum atomic E-state index is 12.9. The number of hydrogen-bond acceptors (Lipinski definition) is 5. The summed E-state index contributed by atoms with van der Waals surface area (Å²) in [4.78, 5) is 12.8. The van der Waals surface area contributed by atoms with Gasteiger partial charge in [0.1, 0.15) is 11.4 Å². The summed E-state index contributed by atoms with van der Waals surface area (Å²) >= 11 is 1.57. The molecule has 5 nitrogen and oxygen atoms in total. The van der Waals surface area contributed by atoms with Gasteiger partial charge in [-0.05, 0) is 75.4 Å². The van der Waals surface area contributed by atoms with Gasteiger partial charge in [-0.3, -0.25) is 0 Å². The molecule has 36 heavy (non-hydrogen) atoms. The van der Waals surface area contributed by atoms with Gasteiger partial charge in [0, 0.05) is 16.0 Å². The lowest BCUT2D eigenvalue weighted by atomic mass is 10.2. The molecule has 4 aromatic rings. The maximum Gasteiger partial charge on any atom is 0.416 e. The van der Waals surface area contributed by atoms with E-state index in [1.807, 2.05) is 36.4 Å². The van der Waals surface area contributed by atoms with E-state index in [0.717, 1.165) is 33.6 Å². The molecule has 0 radical (unpaired) electrons. The van der Waals surface area contributed by atoms with Gasteiger partial charge in [-0.1, -0.05) is 18.2 Å². The summed E-state index contributed by atoms with van der Waals surface area (Å²) in [5.74, 6) is 0.686. The predicted molar refractivity (Wildman–Crippen MR) is 133 cm³/mol. The van der Waals surface area contributed by atoms with Crippen molar-refractivity contribution < 1.29 is 27.4 Å². The molecule has 9 heteroatoms. The Bertz CT molecular complexity index is 1340. The van der Waals surface area contributed by atoms with Crippen molar-refractivity contribution in [2.24, 2.45) is 0 Å². The van der Waals surface area contributed by atoms with Crippen molar-refractivity contribution in [3.05, 3.63) is 84.1 Å². The number of rotatable bonds is 7. The van der Waals surface area contributed by atoms with Crippen LogP contribution in [0.25, 0.3) is 16.6 Å². The van der Waals surface area contributed by atoms with Gasteiger partial charge >= 0.3 is 12.1 Å². The summed E-state index contributed by atoms with van der Waals surface area (Å²) in [6, 6.07) is 20.0. The number of thioether (sulfide) groups is 1. The number of carbonyl (C=O) groups is 1. The monoisotopic (exact) mass is 514 g/mol. The number of hydrogen-bond donors (Lipinski definition) is 0. The quantitative estimate of drug-likeness (QED) is 0.195. The molecule has 0 saturated heterocycles. The molecule has 0 fully saturated rings. The first-order valence-corrected chi connectivity index (χ1v) is 12.2. The van der Waals surface area contributed by atoms with E-state index >= 15 is 0 Å². The van der Waals surface area contributed by atoms with E-state index in [-0.39, 0.29) is 6.61 Å². The van der Waals surface area contributed by atoms with Crippen LogP contribution in [0.3, 0.4) is 0 Å². The van der Waals surface area contributed by atoms with Crippen molar-refractivity contribution in [3.63, 3.8) is 0 Å². The Labute approximate surface area is 211 Å². The smallest absolute Gasteiger partial charge is 0.416 e. The average Bonchev–Trinajstić information content (AvgIpc) is 3.19. The maximum absolute atomic E-state index is 12.9. The topological polar surface area (TPSA) is 53.4 Å². The number of benzene rings is 3. The van der Waals surface area contributed by atoms with Crippen LogP contribution in [0.2, 0.25) is 0 Å². The summed E-state index contributed by atoms with van der Waals surface area (Å²) in [6.07, 6.45) is -4.39. The highest BCUT2D eigenvalue weighted by atomic mass is 32.2. The van der Waals surface area contributed by atoms with Crippen molar-refractivity contribution in [3.8, 4) is 11.4 Å². The normalized spacial score (nSPS) is 12.1. The average molecular weight is 515 g/mol. The van der Waals surface area contributed by atoms with Crippen molar-refractivity contribution >= 4 is 28.6 Å². The van der Waals surface area contributed by atoms with Crippen LogP contribution < -0.4 is 4.74 Å². The lowest BCUT2D eigenvalue weighted by Crippen LogP contribution is -2.27. The van der Waals surface area contributed by atoms with Crippen LogP contribution in [-0.4, -0.2) is 28.0 Å². The fraction of sp³-hybridized carbons (Fsp3) is 0.259. The van der Waals surface area contributed by atoms with Crippen molar-refractivity contribution in [2.45, 2.75) is 43.2 Å². The third-order valence-corrected chi connectivity index (χ3v) is 6.10. The molecule has 0 aliphatic rings. The molecule has 0 saturated carbocycles. The first-order valence-electron chi connectivity index (χ1n) is 11.2. The summed E-state index contributed by atoms with van der Waals surface area (Å²) in [5.41, 5.74) is 0.934. The second kappa shape index (κ2) is 10.3. The fourth-order valence-electron chi connectivity index (χ4n) is 3.52. The summed E-state index contributed by atoms with van der Waals surface area (Å²) in [6.45, 7) is 5.23. The van der Waals surface area contributed by atoms with Crippen molar-refractivity contribution in [1.82, 2.24) is 9.78 Å². The molecule has 1 heterocycles. The van der Waals surface area contributed by atoms with Crippen LogP contribution in [0.5, 0.6) is 5.75 Å². The van der Waals surface area contributed by atoms with Gasteiger partial charge in [0.05, 0.1) is 22.5 Å². The van der Waals surface area contributed by atoms with E-state index in [0.29, 0.717) is 17.2 Å². The number of para-hydroxylation sites is 1. The van der Waals surface area contributed by atoms with Gasteiger partial charge in [0.15, 0.2) is 6.61 Å². The van der Waals surface area contributed by atoms with E-state index in [1.54, 1.807) is 49.3 Å². The molecule has 0 aliphatic carbocycles. The van der Waals surface area contributed by atoms with Crippen molar-refractivity contribution in [1.29, 1.82) is 0 Å². The second-order valence-corrected chi connectivity index (χ2v) is 10.1. The van der Waals surface area contributed by atoms with E-state index in [1.165, 1.54) is 12.1 Å². The molecule has 0 atom stereocenters. The Balaban J connectivity index is 1.45. The van der Waals surface area contributed by atoms with Gasteiger partial charge < -0.3 is 9.47 Å². The number of nitrogens with zero attached hydrogens (tertiary/aromatic N) is 2. The second-order valence-electron chi connectivity index (χ2n) is 9.06. The lowest BCUT2D eigenvalue weighted by Gasteiger charge is -2.19. The number of fused-ring (bicyclic) bond motifs is 1. The first-order chi connectivity index (χ1) is 17.0. The number of aromatic nitrogens is 2. The van der Waals surface area contributed by atoms with E-state index in [9.17, 15) is 18.0 Å². The van der Waals surface area contributed by atoms with E-state index in [2.05, 4.69) is 0 Å². The van der Waals surface area contributed by atoms with Crippen LogP contribution in [0.1, 0.15) is 32.0 Å². The Morgan fingerprint density at radius 3 is 2.25 bits per heavy atom. The molecular formula is C27H25F3N2O3S. The Morgan fingerprint density at radius 1 is 0.944 bits per heavy atom. The Hall–Kier alpha value is -3.46. The zero-order valence-corrected chi connectivity index (χ0v) is 20.8. The number of halogens is 3. The molecule has 0 amide bonds. The molecular weight excluding hydrogens is 489 g/mol. The zero-order chi connectivity index (χ0) is 25.9. The molecule has 0 aliphatic heterocycles. The molecule has 0 bridgehead atoms. The molecule has 0 spiro atoms. The minimum absolute atomic E-state index is 0.170. The summed E-state index contributed by atoms with van der Waals surface area (Å²) in [7, 11) is 0. The van der Waals surface area contributed by atoms with Gasteiger partial charge in [-0.2, -0.15) is 18.3 Å². The number of alkyl halides is 3. The third kappa shape index (κ3) is 6.40. The van der Waals surface area contributed by atoms with Crippen molar-refractivity contribution in [2.75, 3.05) is 6.61 Å². The fourth-order valence-corrected chi connectivity index (χ4v) is 4.37. The van der Waals surface area contributed by atoms with Gasteiger partial charge in [-0.25, -0.2) is 9.48 Å². The molecule has 1 aromatic heterocycles. The van der Waals surface area contributed by atoms with E-state index in [4.69, 9.17) is 14.6 Å². The largest absolute Gasteiger partial charge is 0.482 e. The standard InChI is InChI=1S/C27H25F3N2O3S/c1-26(2,3)35-25(33)16-34-20-12-14-21(15-13-20)36-17-23-22-6-4-5-7-24(22)32(31-23)19-10-8-18(9-11-19)27(28,29)30/h4-15H,16-17H2,1-3H3. The highest BCUT2D eigenvalue weighted by molar-refractivity contribution is 7.98. The van der Waals surface area contributed by atoms with Gasteiger partial charge in [-0.15, -0.1) is 11.8 Å². The van der Waals surface area contributed by atoms with Crippen LogP contribution in [0.15, 0.2) is 77.7 Å². The third-order valence-electron chi connectivity index (χ3n) is 5.08. The summed E-state index contributed by atoms with van der Waals surface area (Å²) < 4.78 is 51.2. The Morgan fingerprint density at radius 2 is 1.61 bits per heavy atom. The highest BCUT2D eigenvalue weighted by Gasteiger charge is 2.30. The number of ether oxygens (including phenoxy) is 2. The predicted octanol–water partition coefficient (Wildman–Crippen LogP) is 7.06. The minimum atomic E-state index is -4.39. The Kier molecular flexibility index (Phi) is 7.31. The van der Waals surface area contributed by atoms with Gasteiger partial charge in [0.2, 0.25) is 0 Å².